The summed E-state index contributed by atoms with van der Waals surface area (Å²) in [4.78, 5) is 0. The van der Waals surface area contributed by atoms with Crippen LogP contribution in [0.2, 0.25) is 5.02 Å². The average Bonchev–Trinajstić information content (AvgIpc) is 2.82. The molecule has 1 aliphatic rings. The Kier molecular flexibility index (Phi) is 8.47. The number of ether oxygens (including phenoxy) is 1. The molecule has 36 heavy (non-hydrogen) atoms. The van der Waals surface area contributed by atoms with Crippen LogP contribution in [0.1, 0.15) is 65.7 Å². The van der Waals surface area contributed by atoms with Gasteiger partial charge in [-0.2, -0.15) is 0 Å². The summed E-state index contributed by atoms with van der Waals surface area (Å²) in [5.41, 5.74) is 6.52. The number of aryl methyl sites for hydroxylation is 2. The molecule has 1 aliphatic heterocycles. The number of hydrogen-bond acceptors (Lipinski definition) is 5. The monoisotopic (exact) mass is 528 g/mol. The van der Waals surface area contributed by atoms with Crippen LogP contribution in [0.5, 0.6) is 11.5 Å². The SMILES string of the molecule is Cc1cc(OCCP2(=O)OCC[C@@H](c3cccc(Cl)c3)O2)cc(C)c1Cc1ccc(O)c(C(C)C)c1. The molecule has 1 saturated heterocycles. The first kappa shape index (κ1) is 26.8. The molecule has 3 aromatic rings. The topological polar surface area (TPSA) is 65.0 Å². The maximum absolute atomic E-state index is 13.2. The van der Waals surface area contributed by atoms with Gasteiger partial charge in [0, 0.05) is 11.4 Å². The lowest BCUT2D eigenvalue weighted by molar-refractivity contribution is 0.0797. The predicted octanol–water partition coefficient (Wildman–Crippen LogP) is 8.13. The zero-order valence-electron chi connectivity index (χ0n) is 21.3. The van der Waals surface area contributed by atoms with Crippen molar-refractivity contribution in [1.29, 1.82) is 0 Å². The summed E-state index contributed by atoms with van der Waals surface area (Å²) in [5.74, 6) is 1.33. The van der Waals surface area contributed by atoms with E-state index in [4.69, 9.17) is 25.4 Å². The first-order valence-electron chi connectivity index (χ1n) is 12.4. The molecule has 0 spiro atoms. The second-order valence-corrected chi connectivity index (χ2v) is 12.3. The van der Waals surface area contributed by atoms with Gasteiger partial charge >= 0.3 is 7.60 Å². The molecule has 1 fully saturated rings. The molecule has 0 radical (unpaired) electrons. The minimum Gasteiger partial charge on any atom is -0.508 e. The highest BCUT2D eigenvalue weighted by Crippen LogP contribution is 2.55. The van der Waals surface area contributed by atoms with E-state index in [1.54, 1.807) is 12.1 Å². The van der Waals surface area contributed by atoms with Crippen LogP contribution in [0, 0.1) is 13.8 Å². The number of aromatic hydroxyl groups is 1. The van der Waals surface area contributed by atoms with Crippen molar-refractivity contribution >= 4 is 19.2 Å². The Morgan fingerprint density at radius 3 is 2.56 bits per heavy atom. The van der Waals surface area contributed by atoms with Crippen LogP contribution in [-0.4, -0.2) is 24.5 Å². The summed E-state index contributed by atoms with van der Waals surface area (Å²) >= 11 is 6.11. The maximum Gasteiger partial charge on any atom is 0.334 e. The molecule has 7 heteroatoms. The fourth-order valence-electron chi connectivity index (χ4n) is 4.60. The summed E-state index contributed by atoms with van der Waals surface area (Å²) < 4.78 is 30.6. The molecule has 0 aromatic heterocycles. The van der Waals surface area contributed by atoms with E-state index in [1.807, 2.05) is 36.4 Å². The normalized spacial score (nSPS) is 20.0. The first-order valence-corrected chi connectivity index (χ1v) is 14.5. The minimum atomic E-state index is -3.27. The van der Waals surface area contributed by atoms with Crippen molar-refractivity contribution in [2.24, 2.45) is 0 Å². The molecule has 1 N–H and O–H groups in total. The van der Waals surface area contributed by atoms with E-state index in [0.717, 1.165) is 40.0 Å². The number of phenolic OH excluding ortho intramolecular Hbond substituents is 1. The highest BCUT2D eigenvalue weighted by Gasteiger charge is 2.34. The van der Waals surface area contributed by atoms with E-state index in [2.05, 4.69) is 33.8 Å². The van der Waals surface area contributed by atoms with E-state index < -0.39 is 7.60 Å². The summed E-state index contributed by atoms with van der Waals surface area (Å²) in [6, 6.07) is 17.3. The Labute approximate surface area is 218 Å². The highest BCUT2D eigenvalue weighted by molar-refractivity contribution is 7.53. The second kappa shape index (κ2) is 11.4. The summed E-state index contributed by atoms with van der Waals surface area (Å²) in [6.45, 7) is 8.91. The second-order valence-electron chi connectivity index (χ2n) is 9.71. The van der Waals surface area contributed by atoms with E-state index in [1.165, 1.54) is 5.56 Å². The zero-order chi connectivity index (χ0) is 25.9. The minimum absolute atomic E-state index is 0.176. The standard InChI is InChI=1S/C29H34ClO5P/c1-19(2)26-16-22(8-9-28(26)31)17-27-20(3)14-25(15-21(27)4)33-12-13-36(32)34-11-10-29(35-36)23-6-5-7-24(30)18-23/h5-9,14-16,18-19,29,31H,10-13,17H2,1-4H3/t29-,36?/m0/s1. The van der Waals surface area contributed by atoms with Crippen molar-refractivity contribution in [1.82, 2.24) is 0 Å². The zero-order valence-corrected chi connectivity index (χ0v) is 22.9. The lowest BCUT2D eigenvalue weighted by Gasteiger charge is -2.30. The number of halogens is 1. The molecule has 1 heterocycles. The fraction of sp³-hybridized carbons (Fsp3) is 0.379. The van der Waals surface area contributed by atoms with Crippen LogP contribution in [-0.2, 0) is 20.0 Å². The van der Waals surface area contributed by atoms with Gasteiger partial charge in [-0.05, 0) is 89.9 Å². The number of hydrogen-bond donors (Lipinski definition) is 1. The van der Waals surface area contributed by atoms with Gasteiger partial charge in [0.25, 0.3) is 0 Å². The molecule has 0 bridgehead atoms. The van der Waals surface area contributed by atoms with E-state index in [0.29, 0.717) is 23.8 Å². The Morgan fingerprint density at radius 1 is 1.11 bits per heavy atom. The van der Waals surface area contributed by atoms with Crippen molar-refractivity contribution < 1.29 is 23.5 Å². The quantitative estimate of drug-likeness (QED) is 0.299. The van der Waals surface area contributed by atoms with Crippen molar-refractivity contribution in [3.05, 3.63) is 93.0 Å². The fourth-order valence-corrected chi connectivity index (χ4v) is 6.41. The molecular formula is C29H34ClO5P. The number of rotatable bonds is 8. The third kappa shape index (κ3) is 6.52. The van der Waals surface area contributed by atoms with Gasteiger partial charge in [0.2, 0.25) is 0 Å². The predicted molar refractivity (Wildman–Crippen MR) is 145 cm³/mol. The Hall–Kier alpha value is -2.30. The molecule has 4 rings (SSSR count). The molecule has 0 amide bonds. The number of benzene rings is 3. The summed E-state index contributed by atoms with van der Waals surface area (Å²) in [6.07, 6.45) is 1.28. The maximum atomic E-state index is 13.2. The molecule has 3 aromatic carbocycles. The Morgan fingerprint density at radius 2 is 1.86 bits per heavy atom. The van der Waals surface area contributed by atoms with Crippen molar-refractivity contribution in [3.8, 4) is 11.5 Å². The first-order chi connectivity index (χ1) is 17.1. The molecule has 0 aliphatic carbocycles. The van der Waals surface area contributed by atoms with Crippen LogP contribution < -0.4 is 4.74 Å². The molecule has 0 saturated carbocycles. The van der Waals surface area contributed by atoms with Gasteiger partial charge in [-0.1, -0.05) is 49.7 Å². The van der Waals surface area contributed by atoms with Crippen molar-refractivity contribution in [2.75, 3.05) is 19.4 Å². The van der Waals surface area contributed by atoms with E-state index in [9.17, 15) is 9.67 Å². The molecule has 1 unspecified atom stereocenters. The smallest absolute Gasteiger partial charge is 0.334 e. The highest BCUT2D eigenvalue weighted by atomic mass is 35.5. The van der Waals surface area contributed by atoms with Crippen LogP contribution in [0.25, 0.3) is 0 Å². The average molecular weight is 529 g/mol. The molecule has 192 valence electrons. The third-order valence-corrected chi connectivity index (χ3v) is 8.69. The molecule has 2 atom stereocenters. The van der Waals surface area contributed by atoms with Gasteiger partial charge in [-0.3, -0.25) is 4.57 Å². The Bertz CT molecular complexity index is 1250. The van der Waals surface area contributed by atoms with Gasteiger partial charge in [0.05, 0.1) is 25.5 Å². The largest absolute Gasteiger partial charge is 0.508 e. The van der Waals surface area contributed by atoms with Gasteiger partial charge in [-0.15, -0.1) is 0 Å². The van der Waals surface area contributed by atoms with Crippen LogP contribution in [0.15, 0.2) is 54.6 Å². The number of phenols is 1. The van der Waals surface area contributed by atoms with Gasteiger partial charge in [0.1, 0.15) is 11.5 Å². The molecular weight excluding hydrogens is 495 g/mol. The molecule has 5 nitrogen and oxygen atoms in total. The lowest BCUT2D eigenvalue weighted by Crippen LogP contribution is -2.18. The Balaban J connectivity index is 1.39. The van der Waals surface area contributed by atoms with Crippen LogP contribution in [0.4, 0.5) is 0 Å². The van der Waals surface area contributed by atoms with E-state index >= 15 is 0 Å². The van der Waals surface area contributed by atoms with Gasteiger partial charge in [-0.25, -0.2) is 0 Å². The third-order valence-electron chi connectivity index (χ3n) is 6.57. The van der Waals surface area contributed by atoms with E-state index in [-0.39, 0.29) is 24.8 Å². The van der Waals surface area contributed by atoms with Crippen LogP contribution >= 0.6 is 19.2 Å². The van der Waals surface area contributed by atoms with Crippen LogP contribution in [0.3, 0.4) is 0 Å². The van der Waals surface area contributed by atoms with Crippen molar-refractivity contribution in [3.63, 3.8) is 0 Å². The lowest BCUT2D eigenvalue weighted by atomic mass is 9.93. The van der Waals surface area contributed by atoms with Gasteiger partial charge < -0.3 is 18.9 Å². The van der Waals surface area contributed by atoms with Crippen molar-refractivity contribution in [2.45, 2.75) is 52.6 Å². The summed E-state index contributed by atoms with van der Waals surface area (Å²) in [7, 11) is -3.27. The van der Waals surface area contributed by atoms with Gasteiger partial charge in [0.15, 0.2) is 0 Å². The summed E-state index contributed by atoms with van der Waals surface area (Å²) in [5, 5.41) is 10.8.